The molecule has 2 aromatic heterocycles. The van der Waals surface area contributed by atoms with Gasteiger partial charge < -0.3 is 14.5 Å². The molecule has 0 radical (unpaired) electrons. The van der Waals surface area contributed by atoms with E-state index in [0.29, 0.717) is 40.2 Å². The second-order valence-corrected chi connectivity index (χ2v) is 9.29. The number of nitrogens with zero attached hydrogens (tertiary/aromatic N) is 3. The van der Waals surface area contributed by atoms with E-state index in [4.69, 9.17) is 4.52 Å². The molecule has 1 fully saturated rings. The normalized spacial score (nSPS) is 16.9. The number of halogens is 3. The minimum atomic E-state index is -4.45. The van der Waals surface area contributed by atoms with Crippen LogP contribution >= 0.6 is 0 Å². The lowest BCUT2D eigenvalue weighted by Crippen LogP contribution is -2.48. The number of hydrogen-bond acceptors (Lipinski definition) is 5. The van der Waals surface area contributed by atoms with Crippen LogP contribution in [-0.2, 0) is 6.18 Å². The average Bonchev–Trinajstić information content (AvgIpc) is 3.56. The molecule has 182 valence electrons. The minimum absolute atomic E-state index is 0.136. The number of carbonyl (C=O) groups excluding carboxylic acids is 1. The fraction of sp³-hybridized carbons (Fsp3) is 0.320. The zero-order chi connectivity index (χ0) is 25.0. The fourth-order valence-corrected chi connectivity index (χ4v) is 4.60. The predicted octanol–water partition coefficient (Wildman–Crippen LogP) is 5.28. The van der Waals surface area contributed by atoms with Gasteiger partial charge in [-0.05, 0) is 57.0 Å². The van der Waals surface area contributed by atoms with Crippen molar-refractivity contribution in [2.45, 2.75) is 44.5 Å². The van der Waals surface area contributed by atoms with Crippen molar-refractivity contribution in [3.05, 3.63) is 59.7 Å². The highest BCUT2D eigenvalue weighted by molar-refractivity contribution is 5.95. The van der Waals surface area contributed by atoms with Crippen molar-refractivity contribution in [1.82, 2.24) is 20.3 Å². The van der Waals surface area contributed by atoms with Gasteiger partial charge in [0.15, 0.2) is 5.76 Å². The van der Waals surface area contributed by atoms with Crippen molar-refractivity contribution < 1.29 is 27.6 Å². The molecular formula is C25H23F3N4O3. The van der Waals surface area contributed by atoms with Crippen molar-refractivity contribution in [1.29, 1.82) is 0 Å². The van der Waals surface area contributed by atoms with E-state index in [2.05, 4.69) is 15.4 Å². The second-order valence-electron chi connectivity index (χ2n) is 9.29. The van der Waals surface area contributed by atoms with Crippen molar-refractivity contribution in [3.8, 4) is 22.7 Å². The maximum Gasteiger partial charge on any atom is 0.416 e. The molecule has 35 heavy (non-hydrogen) atoms. The van der Waals surface area contributed by atoms with Crippen LogP contribution in [0, 0.1) is 0 Å². The Kier molecular flexibility index (Phi) is 5.43. The molecule has 10 heteroatoms. The molecule has 1 amide bonds. The lowest BCUT2D eigenvalue weighted by atomic mass is 9.96. The van der Waals surface area contributed by atoms with Crippen molar-refractivity contribution >= 4 is 16.8 Å². The molecule has 2 aromatic carbocycles. The number of carbonyl (C=O) groups is 1. The molecule has 1 saturated heterocycles. The first-order valence-electron chi connectivity index (χ1n) is 11.2. The van der Waals surface area contributed by atoms with E-state index >= 15 is 0 Å². The third-order valence-electron chi connectivity index (χ3n) is 6.39. The number of aliphatic hydroxyl groups is 1. The molecule has 1 atom stereocenters. The van der Waals surface area contributed by atoms with E-state index in [1.165, 1.54) is 6.07 Å². The number of rotatable bonds is 4. The SMILES string of the molecule is CC(C)(O)C1CCCN1C(=O)c1ccc(-c2cc(-c3n[nH]c4cc(C(F)(F)F)ccc34)on2)cc1. The third kappa shape index (κ3) is 4.29. The molecule has 1 aliphatic rings. The van der Waals surface area contributed by atoms with Crippen molar-refractivity contribution in [2.24, 2.45) is 0 Å². The molecule has 3 heterocycles. The Labute approximate surface area is 198 Å². The summed E-state index contributed by atoms with van der Waals surface area (Å²) < 4.78 is 44.4. The van der Waals surface area contributed by atoms with E-state index in [9.17, 15) is 23.1 Å². The van der Waals surface area contributed by atoms with Gasteiger partial charge in [0.25, 0.3) is 5.91 Å². The van der Waals surface area contributed by atoms with Gasteiger partial charge in [-0.25, -0.2) is 0 Å². The number of likely N-dealkylation sites (tertiary alicyclic amines) is 1. The van der Waals surface area contributed by atoms with Gasteiger partial charge >= 0.3 is 6.18 Å². The van der Waals surface area contributed by atoms with Gasteiger partial charge in [0.05, 0.1) is 22.7 Å². The largest absolute Gasteiger partial charge is 0.416 e. The molecule has 1 unspecified atom stereocenters. The summed E-state index contributed by atoms with van der Waals surface area (Å²) in [5.41, 5.74) is 0.554. The van der Waals surface area contributed by atoms with Gasteiger partial charge in [-0.3, -0.25) is 9.89 Å². The molecule has 1 aliphatic heterocycles. The summed E-state index contributed by atoms with van der Waals surface area (Å²) in [6.45, 7) is 4.03. The van der Waals surface area contributed by atoms with Gasteiger partial charge in [0, 0.05) is 29.1 Å². The molecule has 0 saturated carbocycles. The zero-order valence-electron chi connectivity index (χ0n) is 19.1. The predicted molar refractivity (Wildman–Crippen MR) is 122 cm³/mol. The minimum Gasteiger partial charge on any atom is -0.388 e. The Balaban J connectivity index is 1.37. The van der Waals surface area contributed by atoms with Crippen LogP contribution < -0.4 is 0 Å². The third-order valence-corrected chi connectivity index (χ3v) is 6.39. The molecule has 5 rings (SSSR count). The topological polar surface area (TPSA) is 95.2 Å². The fourth-order valence-electron chi connectivity index (χ4n) is 4.60. The van der Waals surface area contributed by atoms with E-state index in [1.54, 1.807) is 49.1 Å². The van der Waals surface area contributed by atoms with E-state index < -0.39 is 17.3 Å². The van der Waals surface area contributed by atoms with Gasteiger partial charge in [0.1, 0.15) is 11.4 Å². The molecule has 7 nitrogen and oxygen atoms in total. The number of amides is 1. The summed E-state index contributed by atoms with van der Waals surface area (Å²) in [7, 11) is 0. The number of fused-ring (bicyclic) bond motifs is 1. The van der Waals surface area contributed by atoms with Crippen LogP contribution in [0.4, 0.5) is 13.2 Å². The van der Waals surface area contributed by atoms with Crippen LogP contribution in [0.5, 0.6) is 0 Å². The molecule has 0 bridgehead atoms. The standard InChI is InChI=1S/C25H23F3N4O3/c1-24(2,34)21-4-3-11-32(21)23(33)15-7-5-14(6-8-15)18-13-20(35-31-18)22-17-10-9-16(25(26,27)28)12-19(17)29-30-22/h5-10,12-13,21,34H,3-4,11H2,1-2H3,(H,29,30). The van der Waals surface area contributed by atoms with Crippen LogP contribution in [-0.4, -0.2) is 49.5 Å². The van der Waals surface area contributed by atoms with Crippen LogP contribution in [0.15, 0.2) is 53.1 Å². The van der Waals surface area contributed by atoms with Gasteiger partial charge in [-0.2, -0.15) is 18.3 Å². The van der Waals surface area contributed by atoms with Gasteiger partial charge in [0.2, 0.25) is 0 Å². The van der Waals surface area contributed by atoms with Crippen LogP contribution in [0.3, 0.4) is 0 Å². The van der Waals surface area contributed by atoms with Gasteiger partial charge in [-0.1, -0.05) is 17.3 Å². The Morgan fingerprint density at radius 2 is 1.89 bits per heavy atom. The number of hydrogen-bond donors (Lipinski definition) is 2. The summed E-state index contributed by atoms with van der Waals surface area (Å²) in [5, 5.41) is 21.7. The molecule has 2 N–H and O–H groups in total. The van der Waals surface area contributed by atoms with E-state index in [1.807, 2.05) is 0 Å². The molecule has 0 aliphatic carbocycles. The Hall–Kier alpha value is -3.66. The number of aromatic amines is 1. The summed E-state index contributed by atoms with van der Waals surface area (Å²) in [6.07, 6.45) is -2.84. The number of H-pyrrole nitrogens is 1. The van der Waals surface area contributed by atoms with Crippen LogP contribution in [0.25, 0.3) is 33.6 Å². The maximum absolute atomic E-state index is 13.0. The highest BCUT2D eigenvalue weighted by atomic mass is 19.4. The summed E-state index contributed by atoms with van der Waals surface area (Å²) >= 11 is 0. The Bertz CT molecular complexity index is 1380. The quantitative estimate of drug-likeness (QED) is 0.411. The Morgan fingerprint density at radius 3 is 2.57 bits per heavy atom. The van der Waals surface area contributed by atoms with E-state index in [0.717, 1.165) is 25.0 Å². The van der Waals surface area contributed by atoms with Crippen molar-refractivity contribution in [3.63, 3.8) is 0 Å². The summed E-state index contributed by atoms with van der Waals surface area (Å²) in [5.74, 6) is 0.166. The zero-order valence-corrected chi connectivity index (χ0v) is 19.1. The monoisotopic (exact) mass is 484 g/mol. The highest BCUT2D eigenvalue weighted by Crippen LogP contribution is 2.35. The lowest BCUT2D eigenvalue weighted by Gasteiger charge is -2.33. The maximum atomic E-state index is 13.0. The number of alkyl halides is 3. The number of nitrogens with one attached hydrogen (secondary N) is 1. The molecular weight excluding hydrogens is 461 g/mol. The molecule has 4 aromatic rings. The summed E-state index contributed by atoms with van der Waals surface area (Å²) in [4.78, 5) is 14.7. The van der Waals surface area contributed by atoms with E-state index in [-0.39, 0.29) is 17.5 Å². The van der Waals surface area contributed by atoms with Crippen LogP contribution in [0.2, 0.25) is 0 Å². The average molecular weight is 484 g/mol. The van der Waals surface area contributed by atoms with Gasteiger partial charge in [-0.15, -0.1) is 0 Å². The summed E-state index contributed by atoms with van der Waals surface area (Å²) in [6, 6.07) is 11.7. The first-order chi connectivity index (χ1) is 16.5. The first kappa shape index (κ1) is 23.1. The number of benzene rings is 2. The highest BCUT2D eigenvalue weighted by Gasteiger charge is 2.38. The molecule has 0 spiro atoms. The lowest BCUT2D eigenvalue weighted by molar-refractivity contribution is -0.137. The Morgan fingerprint density at radius 1 is 1.14 bits per heavy atom. The second kappa shape index (κ2) is 8.23. The van der Waals surface area contributed by atoms with Crippen LogP contribution in [0.1, 0.15) is 42.6 Å². The first-order valence-corrected chi connectivity index (χ1v) is 11.2. The number of aromatic nitrogens is 3. The smallest absolute Gasteiger partial charge is 0.388 e. The van der Waals surface area contributed by atoms with Crippen molar-refractivity contribution in [2.75, 3.05) is 6.54 Å².